The first-order valence-electron chi connectivity index (χ1n) is 6.49. The summed E-state index contributed by atoms with van der Waals surface area (Å²) < 4.78 is 23.6. The fraction of sp³-hybridized carbons (Fsp3) is 0.250. The van der Waals surface area contributed by atoms with Gasteiger partial charge in [0.25, 0.3) is 0 Å². The summed E-state index contributed by atoms with van der Waals surface area (Å²) in [6, 6.07) is 10.8. The standard InChI is InChI=1S/C16H16FNO3/c1-16(2,21-14-8-6-12(17)7-9-14)15(19)20-11-13-5-3-4-10-18-13/h3-10H,11H2,1-2H3. The summed E-state index contributed by atoms with van der Waals surface area (Å²) in [6.07, 6.45) is 1.63. The van der Waals surface area contributed by atoms with Gasteiger partial charge in [-0.3, -0.25) is 4.98 Å². The Morgan fingerprint density at radius 3 is 2.52 bits per heavy atom. The highest BCUT2D eigenvalue weighted by Gasteiger charge is 2.32. The fourth-order valence-corrected chi connectivity index (χ4v) is 1.64. The quantitative estimate of drug-likeness (QED) is 0.793. The lowest BCUT2D eigenvalue weighted by atomic mass is 10.1. The molecule has 2 rings (SSSR count). The number of esters is 1. The third kappa shape index (κ3) is 4.27. The minimum atomic E-state index is -1.17. The monoisotopic (exact) mass is 289 g/mol. The second kappa shape index (κ2) is 6.35. The van der Waals surface area contributed by atoms with Crippen molar-refractivity contribution < 1.29 is 18.7 Å². The molecule has 0 amide bonds. The first-order chi connectivity index (χ1) is 9.97. The van der Waals surface area contributed by atoms with E-state index in [9.17, 15) is 9.18 Å². The number of pyridine rings is 1. The van der Waals surface area contributed by atoms with Gasteiger partial charge < -0.3 is 9.47 Å². The van der Waals surface area contributed by atoms with Gasteiger partial charge in [0.1, 0.15) is 18.2 Å². The molecule has 21 heavy (non-hydrogen) atoms. The van der Waals surface area contributed by atoms with E-state index in [0.29, 0.717) is 11.4 Å². The Bertz CT molecular complexity index is 597. The minimum Gasteiger partial charge on any atom is -0.476 e. The maximum atomic E-state index is 12.8. The largest absolute Gasteiger partial charge is 0.476 e. The molecule has 0 aliphatic carbocycles. The number of carbonyl (C=O) groups is 1. The van der Waals surface area contributed by atoms with Crippen molar-refractivity contribution in [3.63, 3.8) is 0 Å². The number of nitrogens with zero attached hydrogens (tertiary/aromatic N) is 1. The van der Waals surface area contributed by atoms with Crippen molar-refractivity contribution in [2.75, 3.05) is 0 Å². The Morgan fingerprint density at radius 1 is 1.19 bits per heavy atom. The minimum absolute atomic E-state index is 0.0792. The van der Waals surface area contributed by atoms with Gasteiger partial charge in [-0.15, -0.1) is 0 Å². The fourth-order valence-electron chi connectivity index (χ4n) is 1.64. The van der Waals surface area contributed by atoms with Crippen LogP contribution in [0.2, 0.25) is 0 Å². The van der Waals surface area contributed by atoms with Crippen molar-refractivity contribution in [1.82, 2.24) is 4.98 Å². The summed E-state index contributed by atoms with van der Waals surface area (Å²) in [6.45, 7) is 3.27. The van der Waals surface area contributed by atoms with Gasteiger partial charge in [-0.05, 0) is 50.2 Å². The van der Waals surface area contributed by atoms with Crippen LogP contribution in [0.5, 0.6) is 5.75 Å². The zero-order valence-electron chi connectivity index (χ0n) is 11.9. The number of hydrogen-bond acceptors (Lipinski definition) is 4. The molecule has 2 aromatic rings. The highest BCUT2D eigenvalue weighted by molar-refractivity contribution is 5.79. The van der Waals surface area contributed by atoms with E-state index in [1.54, 1.807) is 32.2 Å². The molecule has 5 heteroatoms. The van der Waals surface area contributed by atoms with Crippen molar-refractivity contribution in [2.45, 2.75) is 26.1 Å². The third-order valence-corrected chi connectivity index (χ3v) is 2.76. The van der Waals surface area contributed by atoms with E-state index >= 15 is 0 Å². The number of ether oxygens (including phenoxy) is 2. The van der Waals surface area contributed by atoms with Crippen molar-refractivity contribution in [3.05, 3.63) is 60.2 Å². The predicted octanol–water partition coefficient (Wildman–Crippen LogP) is 3.12. The van der Waals surface area contributed by atoms with Gasteiger partial charge in [0.05, 0.1) is 5.69 Å². The zero-order valence-corrected chi connectivity index (χ0v) is 11.9. The average Bonchev–Trinajstić information content (AvgIpc) is 2.48. The van der Waals surface area contributed by atoms with Crippen LogP contribution in [-0.2, 0) is 16.1 Å². The van der Waals surface area contributed by atoms with Crippen LogP contribution in [0.4, 0.5) is 4.39 Å². The number of rotatable bonds is 5. The summed E-state index contributed by atoms with van der Waals surface area (Å²) in [5.41, 5.74) is -0.518. The molecule has 0 saturated carbocycles. The van der Waals surface area contributed by atoms with Crippen molar-refractivity contribution in [2.24, 2.45) is 0 Å². The normalized spacial score (nSPS) is 11.0. The molecule has 0 N–H and O–H groups in total. The van der Waals surface area contributed by atoms with Crippen molar-refractivity contribution in [1.29, 1.82) is 0 Å². The molecule has 0 fully saturated rings. The Balaban J connectivity index is 1.95. The van der Waals surface area contributed by atoms with Crippen LogP contribution < -0.4 is 4.74 Å². The van der Waals surface area contributed by atoms with Crippen LogP contribution in [0.15, 0.2) is 48.7 Å². The molecule has 1 aromatic heterocycles. The van der Waals surface area contributed by atoms with E-state index in [1.165, 1.54) is 24.3 Å². The van der Waals surface area contributed by atoms with Crippen LogP contribution in [0, 0.1) is 5.82 Å². The number of hydrogen-bond donors (Lipinski definition) is 0. The topological polar surface area (TPSA) is 48.4 Å². The maximum absolute atomic E-state index is 12.8. The summed E-state index contributed by atoms with van der Waals surface area (Å²) in [5.74, 6) is -0.480. The van der Waals surface area contributed by atoms with E-state index in [4.69, 9.17) is 9.47 Å². The Labute approximate surface area is 122 Å². The summed E-state index contributed by atoms with van der Waals surface area (Å²) in [4.78, 5) is 16.1. The zero-order chi connectivity index (χ0) is 15.3. The van der Waals surface area contributed by atoms with E-state index in [0.717, 1.165) is 0 Å². The number of benzene rings is 1. The highest BCUT2D eigenvalue weighted by Crippen LogP contribution is 2.20. The van der Waals surface area contributed by atoms with Crippen molar-refractivity contribution in [3.8, 4) is 5.75 Å². The molecular weight excluding hydrogens is 273 g/mol. The lowest BCUT2D eigenvalue weighted by Gasteiger charge is -2.24. The van der Waals surface area contributed by atoms with Gasteiger partial charge in [-0.25, -0.2) is 9.18 Å². The van der Waals surface area contributed by atoms with E-state index in [1.807, 2.05) is 6.07 Å². The summed E-state index contributed by atoms with van der Waals surface area (Å²) in [7, 11) is 0. The first kappa shape index (κ1) is 15.0. The highest BCUT2D eigenvalue weighted by atomic mass is 19.1. The van der Waals surface area contributed by atoms with Crippen LogP contribution in [0.3, 0.4) is 0 Å². The van der Waals surface area contributed by atoms with Gasteiger partial charge in [0.15, 0.2) is 5.60 Å². The molecule has 0 radical (unpaired) electrons. The summed E-state index contributed by atoms with van der Waals surface area (Å²) >= 11 is 0. The molecule has 0 atom stereocenters. The lowest BCUT2D eigenvalue weighted by molar-refractivity contribution is -0.160. The molecule has 0 unspecified atom stereocenters. The molecule has 110 valence electrons. The first-order valence-corrected chi connectivity index (χ1v) is 6.49. The van der Waals surface area contributed by atoms with Crippen LogP contribution in [0.1, 0.15) is 19.5 Å². The molecule has 0 spiro atoms. The Kier molecular flexibility index (Phi) is 4.52. The van der Waals surface area contributed by atoms with Gasteiger partial charge >= 0.3 is 5.97 Å². The molecule has 1 aromatic carbocycles. The smallest absolute Gasteiger partial charge is 0.350 e. The lowest BCUT2D eigenvalue weighted by Crippen LogP contribution is -2.39. The second-order valence-corrected chi connectivity index (χ2v) is 4.96. The van der Waals surface area contributed by atoms with Crippen LogP contribution in [-0.4, -0.2) is 16.6 Å². The van der Waals surface area contributed by atoms with Crippen LogP contribution in [0.25, 0.3) is 0 Å². The molecular formula is C16H16FNO3. The molecule has 1 heterocycles. The predicted molar refractivity (Wildman–Crippen MR) is 75.1 cm³/mol. The number of aromatic nitrogens is 1. The second-order valence-electron chi connectivity index (χ2n) is 4.96. The Hall–Kier alpha value is -2.43. The third-order valence-electron chi connectivity index (χ3n) is 2.76. The molecule has 0 aliphatic rings. The van der Waals surface area contributed by atoms with Gasteiger partial charge in [-0.2, -0.15) is 0 Å². The van der Waals surface area contributed by atoms with Gasteiger partial charge in [0.2, 0.25) is 0 Å². The van der Waals surface area contributed by atoms with Crippen molar-refractivity contribution >= 4 is 5.97 Å². The molecule has 0 bridgehead atoms. The Morgan fingerprint density at radius 2 is 1.90 bits per heavy atom. The van der Waals surface area contributed by atoms with Gasteiger partial charge in [-0.1, -0.05) is 6.07 Å². The van der Waals surface area contributed by atoms with E-state index in [-0.39, 0.29) is 12.4 Å². The van der Waals surface area contributed by atoms with E-state index < -0.39 is 11.6 Å². The molecule has 4 nitrogen and oxygen atoms in total. The van der Waals surface area contributed by atoms with E-state index in [2.05, 4.69) is 4.98 Å². The SMILES string of the molecule is CC(C)(Oc1ccc(F)cc1)C(=O)OCc1ccccn1. The summed E-state index contributed by atoms with van der Waals surface area (Å²) in [5, 5.41) is 0. The molecule has 0 saturated heterocycles. The maximum Gasteiger partial charge on any atom is 0.350 e. The van der Waals surface area contributed by atoms with Gasteiger partial charge in [0, 0.05) is 6.20 Å². The molecule has 0 aliphatic heterocycles. The number of carbonyl (C=O) groups excluding carboxylic acids is 1. The van der Waals surface area contributed by atoms with Crippen LogP contribution >= 0.6 is 0 Å². The average molecular weight is 289 g/mol. The number of halogens is 1.